The van der Waals surface area contributed by atoms with Crippen LogP contribution in [-0.2, 0) is 22.1 Å². The van der Waals surface area contributed by atoms with Gasteiger partial charge in [-0.25, -0.2) is 4.79 Å². The average Bonchev–Trinajstić information content (AvgIpc) is 2.65. The SMILES string of the molecule is Cc1ccc([S@@](=O)C[C@@H](O)[C@@H](CBr)NC(=O)OCc2ccccc2)cc1. The molecule has 0 saturated heterocycles. The summed E-state index contributed by atoms with van der Waals surface area (Å²) in [7, 11) is -1.36. The molecule has 0 aliphatic rings. The van der Waals surface area contributed by atoms with Crippen molar-refractivity contribution in [3.8, 4) is 0 Å². The van der Waals surface area contributed by atoms with Crippen LogP contribution < -0.4 is 5.32 Å². The van der Waals surface area contributed by atoms with E-state index in [4.69, 9.17) is 4.74 Å². The molecular formula is C19H22BrNO4S. The highest BCUT2D eigenvalue weighted by atomic mass is 79.9. The van der Waals surface area contributed by atoms with E-state index in [0.717, 1.165) is 11.1 Å². The van der Waals surface area contributed by atoms with Gasteiger partial charge in [0.15, 0.2) is 0 Å². The van der Waals surface area contributed by atoms with E-state index in [1.54, 1.807) is 12.1 Å². The zero-order chi connectivity index (χ0) is 18.9. The summed E-state index contributed by atoms with van der Waals surface area (Å²) >= 11 is 3.27. The number of hydrogen-bond acceptors (Lipinski definition) is 4. The van der Waals surface area contributed by atoms with Crippen LogP contribution in [0, 0.1) is 6.92 Å². The molecule has 2 aromatic rings. The smallest absolute Gasteiger partial charge is 0.407 e. The average molecular weight is 440 g/mol. The molecule has 26 heavy (non-hydrogen) atoms. The molecular weight excluding hydrogens is 418 g/mol. The third-order valence-electron chi connectivity index (χ3n) is 3.75. The largest absolute Gasteiger partial charge is 0.445 e. The molecule has 2 rings (SSSR count). The maximum Gasteiger partial charge on any atom is 0.407 e. The van der Waals surface area contributed by atoms with Crippen molar-refractivity contribution in [2.24, 2.45) is 0 Å². The van der Waals surface area contributed by atoms with Crippen LogP contribution in [0.4, 0.5) is 4.79 Å². The van der Waals surface area contributed by atoms with E-state index in [-0.39, 0.29) is 12.4 Å². The van der Waals surface area contributed by atoms with Crippen LogP contribution in [0.15, 0.2) is 59.5 Å². The number of nitrogens with one attached hydrogen (secondary N) is 1. The number of alkyl halides is 1. The number of carbonyl (C=O) groups excluding carboxylic acids is 1. The number of alkyl carbamates (subject to hydrolysis) is 1. The van der Waals surface area contributed by atoms with Gasteiger partial charge in [0.05, 0.1) is 28.7 Å². The number of rotatable bonds is 8. The number of carbonyl (C=O) groups is 1. The molecule has 2 N–H and O–H groups in total. The summed E-state index contributed by atoms with van der Waals surface area (Å²) in [6.45, 7) is 2.10. The van der Waals surface area contributed by atoms with Gasteiger partial charge in [0, 0.05) is 10.2 Å². The third-order valence-corrected chi connectivity index (χ3v) is 5.89. The van der Waals surface area contributed by atoms with Crippen molar-refractivity contribution in [1.29, 1.82) is 0 Å². The number of halogens is 1. The van der Waals surface area contributed by atoms with Gasteiger partial charge in [-0.3, -0.25) is 4.21 Å². The van der Waals surface area contributed by atoms with Crippen LogP contribution in [0.1, 0.15) is 11.1 Å². The molecule has 0 heterocycles. The number of benzene rings is 2. The lowest BCUT2D eigenvalue weighted by Crippen LogP contribution is -2.46. The highest BCUT2D eigenvalue weighted by molar-refractivity contribution is 9.09. The Hall–Kier alpha value is -1.70. The maximum atomic E-state index is 12.4. The van der Waals surface area contributed by atoms with E-state index in [0.29, 0.717) is 10.2 Å². The summed E-state index contributed by atoms with van der Waals surface area (Å²) in [6.07, 6.45) is -1.60. The van der Waals surface area contributed by atoms with Crippen LogP contribution in [0.2, 0.25) is 0 Å². The Bertz CT molecular complexity index is 724. The molecule has 0 unspecified atom stereocenters. The quantitative estimate of drug-likeness (QED) is 0.619. The van der Waals surface area contributed by atoms with Crippen LogP contribution in [-0.4, -0.2) is 38.6 Å². The fraction of sp³-hybridized carbons (Fsp3) is 0.316. The Balaban J connectivity index is 1.85. The molecule has 0 spiro atoms. The maximum absolute atomic E-state index is 12.4. The van der Waals surface area contributed by atoms with E-state index >= 15 is 0 Å². The molecule has 0 aromatic heterocycles. The lowest BCUT2D eigenvalue weighted by Gasteiger charge is -2.21. The molecule has 5 nitrogen and oxygen atoms in total. The summed E-state index contributed by atoms with van der Waals surface area (Å²) in [5.41, 5.74) is 1.95. The van der Waals surface area contributed by atoms with Gasteiger partial charge in [-0.05, 0) is 24.6 Å². The fourth-order valence-electron chi connectivity index (χ4n) is 2.21. The van der Waals surface area contributed by atoms with Crippen molar-refractivity contribution >= 4 is 32.8 Å². The zero-order valence-corrected chi connectivity index (χ0v) is 16.8. The molecule has 0 radical (unpaired) electrons. The fourth-order valence-corrected chi connectivity index (χ4v) is 3.98. The number of aryl methyl sites for hydroxylation is 1. The van der Waals surface area contributed by atoms with Crippen molar-refractivity contribution in [2.75, 3.05) is 11.1 Å². The molecule has 3 atom stereocenters. The number of ether oxygens (including phenoxy) is 1. The standard InChI is InChI=1S/C19H22BrNO4S/c1-14-7-9-16(10-8-14)26(24)13-18(22)17(11-20)21-19(23)25-12-15-5-3-2-4-6-15/h2-10,17-18,22H,11-13H2,1H3,(H,21,23)/t17-,18-,26+/m1/s1. The van der Waals surface area contributed by atoms with Crippen LogP contribution in [0.3, 0.4) is 0 Å². The van der Waals surface area contributed by atoms with Crippen LogP contribution >= 0.6 is 15.9 Å². The van der Waals surface area contributed by atoms with Crippen molar-refractivity contribution in [2.45, 2.75) is 30.6 Å². The number of amides is 1. The van der Waals surface area contributed by atoms with E-state index in [2.05, 4.69) is 21.2 Å². The van der Waals surface area contributed by atoms with E-state index < -0.39 is 29.0 Å². The minimum atomic E-state index is -1.36. The minimum Gasteiger partial charge on any atom is -0.445 e. The van der Waals surface area contributed by atoms with Gasteiger partial charge < -0.3 is 15.2 Å². The highest BCUT2D eigenvalue weighted by Gasteiger charge is 2.23. The third kappa shape index (κ3) is 6.55. The van der Waals surface area contributed by atoms with E-state index in [1.165, 1.54) is 0 Å². The first-order chi connectivity index (χ1) is 12.5. The topological polar surface area (TPSA) is 75.6 Å². The molecule has 0 fully saturated rings. The molecule has 0 bridgehead atoms. The molecule has 0 aliphatic carbocycles. The van der Waals surface area contributed by atoms with Gasteiger partial charge in [0.25, 0.3) is 0 Å². The summed E-state index contributed by atoms with van der Waals surface area (Å²) in [6, 6.07) is 16.0. The van der Waals surface area contributed by atoms with Gasteiger partial charge in [0.2, 0.25) is 0 Å². The Labute approximate surface area is 164 Å². The summed E-state index contributed by atoms with van der Waals surface area (Å²) in [5.74, 6) is 0.0261. The second kappa shape index (κ2) is 10.4. The summed E-state index contributed by atoms with van der Waals surface area (Å²) < 4.78 is 17.5. The van der Waals surface area contributed by atoms with Crippen molar-refractivity contribution in [3.05, 3.63) is 65.7 Å². The van der Waals surface area contributed by atoms with Gasteiger partial charge in [-0.2, -0.15) is 0 Å². The second-order valence-electron chi connectivity index (χ2n) is 5.86. The zero-order valence-electron chi connectivity index (χ0n) is 14.4. The molecule has 0 aliphatic heterocycles. The first-order valence-corrected chi connectivity index (χ1v) is 10.6. The van der Waals surface area contributed by atoms with Crippen molar-refractivity contribution < 1.29 is 18.8 Å². The number of hydrogen-bond donors (Lipinski definition) is 2. The normalized spacial score (nSPS) is 14.3. The van der Waals surface area contributed by atoms with Crippen molar-refractivity contribution in [3.63, 3.8) is 0 Å². The van der Waals surface area contributed by atoms with Gasteiger partial charge >= 0.3 is 6.09 Å². The lowest BCUT2D eigenvalue weighted by atomic mass is 10.2. The van der Waals surface area contributed by atoms with Crippen molar-refractivity contribution in [1.82, 2.24) is 5.32 Å². The molecule has 140 valence electrons. The Morgan fingerprint density at radius 1 is 1.19 bits per heavy atom. The molecule has 2 aromatic carbocycles. The molecule has 0 saturated carbocycles. The Morgan fingerprint density at radius 3 is 2.46 bits per heavy atom. The Morgan fingerprint density at radius 2 is 1.85 bits per heavy atom. The van der Waals surface area contributed by atoms with Gasteiger partial charge in [0.1, 0.15) is 6.61 Å². The van der Waals surface area contributed by atoms with E-state index in [1.807, 2.05) is 49.4 Å². The highest BCUT2D eigenvalue weighted by Crippen LogP contribution is 2.11. The minimum absolute atomic E-state index is 0.0261. The first-order valence-electron chi connectivity index (χ1n) is 8.16. The Kier molecular flexibility index (Phi) is 8.28. The van der Waals surface area contributed by atoms with Gasteiger partial charge in [-0.1, -0.05) is 64.0 Å². The lowest BCUT2D eigenvalue weighted by molar-refractivity contribution is 0.116. The second-order valence-corrected chi connectivity index (χ2v) is 8.00. The van der Waals surface area contributed by atoms with Crippen LogP contribution in [0.5, 0.6) is 0 Å². The molecule has 1 amide bonds. The van der Waals surface area contributed by atoms with Crippen LogP contribution in [0.25, 0.3) is 0 Å². The van der Waals surface area contributed by atoms with E-state index in [9.17, 15) is 14.1 Å². The summed E-state index contributed by atoms with van der Waals surface area (Å²) in [4.78, 5) is 12.6. The molecule has 7 heteroatoms. The van der Waals surface area contributed by atoms with Gasteiger partial charge in [-0.15, -0.1) is 0 Å². The summed E-state index contributed by atoms with van der Waals surface area (Å²) in [5, 5.41) is 13.3. The predicted molar refractivity (Wildman–Crippen MR) is 106 cm³/mol. The first kappa shape index (κ1) is 20.6. The number of aliphatic hydroxyl groups excluding tert-OH is 1. The monoisotopic (exact) mass is 439 g/mol. The number of aliphatic hydroxyl groups is 1. The predicted octanol–water partition coefficient (Wildman–Crippen LogP) is 3.15.